The second kappa shape index (κ2) is 4.28. The van der Waals surface area contributed by atoms with Gasteiger partial charge in [-0.25, -0.2) is 0 Å². The predicted molar refractivity (Wildman–Crippen MR) is 52.7 cm³/mol. The first-order valence-corrected chi connectivity index (χ1v) is 4.11. The molecular weight excluding hydrogens is 178 g/mol. The van der Waals surface area contributed by atoms with Gasteiger partial charge in [-0.05, 0) is 0 Å². The van der Waals surface area contributed by atoms with Gasteiger partial charge in [0.2, 0.25) is 0 Å². The molecule has 0 aliphatic heterocycles. The molecule has 0 saturated heterocycles. The maximum atomic E-state index is 10.8. The monoisotopic (exact) mass is 189 g/mol. The van der Waals surface area contributed by atoms with E-state index in [0.29, 0.717) is 10.3 Å². The van der Waals surface area contributed by atoms with Crippen LogP contribution in [0.25, 0.3) is 5.57 Å². The molecule has 1 aromatic heterocycles. The molecule has 4 heteroatoms. The van der Waals surface area contributed by atoms with Crippen LogP contribution < -0.4 is 4.73 Å². The molecule has 0 saturated carbocycles. The molecule has 0 fully saturated rings. The van der Waals surface area contributed by atoms with Crippen LogP contribution in [0.5, 0.6) is 0 Å². The van der Waals surface area contributed by atoms with Crippen molar-refractivity contribution in [1.82, 2.24) is 4.90 Å². The van der Waals surface area contributed by atoms with Gasteiger partial charge in [-0.1, -0.05) is 0 Å². The van der Waals surface area contributed by atoms with Gasteiger partial charge in [0.1, 0.15) is 6.07 Å². The Kier molecular flexibility index (Phi) is 3.08. The summed E-state index contributed by atoms with van der Waals surface area (Å²) >= 11 is 0. The molecule has 0 atom stereocenters. The normalized spacial score (nSPS) is 10.8. The number of rotatable bonds is 2. The van der Waals surface area contributed by atoms with Gasteiger partial charge < -0.3 is 10.1 Å². The maximum Gasteiger partial charge on any atom is 0.180 e. The first kappa shape index (κ1) is 10.1. The van der Waals surface area contributed by atoms with Gasteiger partial charge in [-0.15, -0.1) is 0 Å². The van der Waals surface area contributed by atoms with Crippen LogP contribution in [0.15, 0.2) is 30.7 Å². The Bertz CT molecular complexity index is 373. The number of pyridine rings is 1. The molecule has 0 aliphatic rings. The molecule has 1 rings (SSSR count). The van der Waals surface area contributed by atoms with Crippen LogP contribution in [0.1, 0.15) is 5.56 Å². The fourth-order valence-electron chi connectivity index (χ4n) is 1.02. The second-order valence-electron chi connectivity index (χ2n) is 3.06. The molecule has 0 spiro atoms. The second-order valence-corrected chi connectivity index (χ2v) is 3.06. The summed E-state index contributed by atoms with van der Waals surface area (Å²) in [7, 11) is 3.68. The van der Waals surface area contributed by atoms with Crippen molar-refractivity contribution in [3.05, 3.63) is 41.5 Å². The van der Waals surface area contributed by atoms with Crippen molar-refractivity contribution < 1.29 is 4.73 Å². The third-order valence-corrected chi connectivity index (χ3v) is 1.62. The summed E-state index contributed by atoms with van der Waals surface area (Å²) in [6.45, 7) is 0. The molecule has 0 aromatic carbocycles. The van der Waals surface area contributed by atoms with E-state index >= 15 is 0 Å². The molecule has 1 aromatic rings. The smallest absolute Gasteiger partial charge is 0.180 e. The summed E-state index contributed by atoms with van der Waals surface area (Å²) in [5.74, 6) is 0. The largest absolute Gasteiger partial charge is 0.619 e. The van der Waals surface area contributed by atoms with Gasteiger partial charge in [0.25, 0.3) is 0 Å². The number of aromatic nitrogens is 1. The minimum absolute atomic E-state index is 0.538. The summed E-state index contributed by atoms with van der Waals surface area (Å²) in [6.07, 6.45) is 4.46. The van der Waals surface area contributed by atoms with Gasteiger partial charge in [0.15, 0.2) is 12.4 Å². The van der Waals surface area contributed by atoms with Gasteiger partial charge in [0.05, 0.1) is 5.57 Å². The standard InChI is InChI=1S/C10H11N3O/c1-12(2)8-10(7-11)9-3-5-13(14)6-4-9/h3-6,8H,1-2H3. The number of allylic oxidation sites excluding steroid dienone is 1. The predicted octanol–water partition coefficient (Wildman–Crippen LogP) is 0.746. The Morgan fingerprint density at radius 2 is 2.07 bits per heavy atom. The van der Waals surface area contributed by atoms with E-state index in [0.717, 1.165) is 5.56 Å². The summed E-state index contributed by atoms with van der Waals surface area (Å²) in [5.41, 5.74) is 1.28. The van der Waals surface area contributed by atoms with Crippen molar-refractivity contribution in [2.24, 2.45) is 0 Å². The fourth-order valence-corrected chi connectivity index (χ4v) is 1.02. The average molecular weight is 189 g/mol. The zero-order chi connectivity index (χ0) is 10.6. The fraction of sp³-hybridized carbons (Fsp3) is 0.200. The molecule has 1 heterocycles. The van der Waals surface area contributed by atoms with Gasteiger partial charge >= 0.3 is 0 Å². The van der Waals surface area contributed by atoms with Crippen molar-refractivity contribution in [3.8, 4) is 6.07 Å². The number of nitriles is 1. The Morgan fingerprint density at radius 3 is 2.50 bits per heavy atom. The van der Waals surface area contributed by atoms with Crippen molar-refractivity contribution in [2.75, 3.05) is 14.1 Å². The highest BCUT2D eigenvalue weighted by Crippen LogP contribution is 2.11. The molecule has 14 heavy (non-hydrogen) atoms. The van der Waals surface area contributed by atoms with E-state index in [1.807, 2.05) is 14.1 Å². The van der Waals surface area contributed by atoms with Crippen molar-refractivity contribution in [1.29, 1.82) is 5.26 Å². The lowest BCUT2D eigenvalue weighted by molar-refractivity contribution is -0.605. The van der Waals surface area contributed by atoms with Gasteiger partial charge in [-0.2, -0.15) is 9.99 Å². The molecule has 0 bridgehead atoms. The Morgan fingerprint density at radius 1 is 1.50 bits per heavy atom. The summed E-state index contributed by atoms with van der Waals surface area (Å²) in [4.78, 5) is 1.79. The van der Waals surface area contributed by atoms with Crippen LogP contribution >= 0.6 is 0 Å². The molecule has 4 nitrogen and oxygen atoms in total. The number of hydrogen-bond acceptors (Lipinski definition) is 3. The molecular formula is C10H11N3O. The average Bonchev–Trinajstić information content (AvgIpc) is 2.15. The molecule has 0 unspecified atom stereocenters. The third-order valence-electron chi connectivity index (χ3n) is 1.62. The summed E-state index contributed by atoms with van der Waals surface area (Å²) < 4.78 is 0.689. The molecule has 0 aliphatic carbocycles. The van der Waals surface area contributed by atoms with Crippen molar-refractivity contribution in [3.63, 3.8) is 0 Å². The lowest BCUT2D eigenvalue weighted by atomic mass is 10.1. The van der Waals surface area contributed by atoms with E-state index in [-0.39, 0.29) is 0 Å². The summed E-state index contributed by atoms with van der Waals surface area (Å²) in [5, 5.41) is 19.6. The minimum Gasteiger partial charge on any atom is -0.619 e. The SMILES string of the molecule is CN(C)C=C(C#N)c1cc[n+]([O-])cc1. The highest BCUT2D eigenvalue weighted by molar-refractivity contribution is 5.75. The molecule has 0 amide bonds. The Hall–Kier alpha value is -2.02. The lowest BCUT2D eigenvalue weighted by Gasteiger charge is -2.06. The zero-order valence-corrected chi connectivity index (χ0v) is 8.14. The van der Waals surface area contributed by atoms with E-state index in [1.165, 1.54) is 12.4 Å². The Balaban J connectivity index is 3.03. The topological polar surface area (TPSA) is 54.0 Å². The van der Waals surface area contributed by atoms with E-state index in [2.05, 4.69) is 6.07 Å². The number of nitrogens with zero attached hydrogens (tertiary/aromatic N) is 3. The minimum atomic E-state index is 0.538. The van der Waals surface area contributed by atoms with E-state index in [9.17, 15) is 5.21 Å². The summed E-state index contributed by atoms with van der Waals surface area (Å²) in [6, 6.07) is 5.31. The maximum absolute atomic E-state index is 10.8. The van der Waals surface area contributed by atoms with Crippen LogP contribution in [0.4, 0.5) is 0 Å². The third kappa shape index (κ3) is 2.49. The van der Waals surface area contributed by atoms with E-state index in [4.69, 9.17) is 5.26 Å². The van der Waals surface area contributed by atoms with Crippen LogP contribution in [-0.4, -0.2) is 19.0 Å². The van der Waals surface area contributed by atoms with Crippen molar-refractivity contribution in [2.45, 2.75) is 0 Å². The lowest BCUT2D eigenvalue weighted by Crippen LogP contribution is -2.23. The van der Waals surface area contributed by atoms with Gasteiger partial charge in [0, 0.05) is 38.0 Å². The number of hydrogen-bond donors (Lipinski definition) is 0. The van der Waals surface area contributed by atoms with Crippen LogP contribution in [0.2, 0.25) is 0 Å². The molecule has 0 N–H and O–H groups in total. The molecule has 72 valence electrons. The highest BCUT2D eigenvalue weighted by atomic mass is 16.5. The van der Waals surface area contributed by atoms with E-state index < -0.39 is 0 Å². The molecule has 0 radical (unpaired) electrons. The van der Waals surface area contributed by atoms with Gasteiger partial charge in [-0.3, -0.25) is 0 Å². The van der Waals surface area contributed by atoms with Crippen LogP contribution in [0, 0.1) is 16.5 Å². The highest BCUT2D eigenvalue weighted by Gasteiger charge is 2.01. The first-order valence-electron chi connectivity index (χ1n) is 4.11. The first-order chi connectivity index (χ1) is 6.63. The quantitative estimate of drug-likeness (QED) is 0.392. The van der Waals surface area contributed by atoms with Crippen molar-refractivity contribution >= 4 is 5.57 Å². The van der Waals surface area contributed by atoms with E-state index in [1.54, 1.807) is 23.2 Å². The van der Waals surface area contributed by atoms with Crippen LogP contribution in [-0.2, 0) is 0 Å². The zero-order valence-electron chi connectivity index (χ0n) is 8.14. The Labute approximate surface area is 82.9 Å². The van der Waals surface area contributed by atoms with Crippen LogP contribution in [0.3, 0.4) is 0 Å².